The second-order valence-corrected chi connectivity index (χ2v) is 1.65. The average Bonchev–Trinajstić information content (AvgIpc) is 1.82. The van der Waals surface area contributed by atoms with Crippen LogP contribution in [-0.2, 0) is 9.53 Å². The van der Waals surface area contributed by atoms with Crippen LogP contribution in [0.2, 0.25) is 0 Å². The van der Waals surface area contributed by atoms with Gasteiger partial charge in [0, 0.05) is 6.92 Å². The summed E-state index contributed by atoms with van der Waals surface area (Å²) in [6.45, 7) is 0.158. The minimum Gasteiger partial charge on any atom is -0.463 e. The fraction of sp³-hybridized carbons (Fsp3) is 0.800. The monoisotopic (exact) mass is 156 g/mol. The molecule has 0 aromatic carbocycles. The van der Waals surface area contributed by atoms with Crippen molar-refractivity contribution in [2.24, 2.45) is 0 Å². The number of carbonyl (C=O) groups excluding carboxylic acids is 1. The first kappa shape index (κ1) is 9.26. The third kappa shape index (κ3) is 4.17. The molecule has 0 aromatic rings. The quantitative estimate of drug-likeness (QED) is 0.573. The van der Waals surface area contributed by atoms with Crippen LogP contribution in [0.3, 0.4) is 0 Å². The van der Waals surface area contributed by atoms with Gasteiger partial charge in [-0.05, 0) is 0 Å². The largest absolute Gasteiger partial charge is 0.463 e. The van der Waals surface area contributed by atoms with Crippen molar-refractivity contribution in [2.75, 3.05) is 6.61 Å². The number of hydrogen-bond acceptors (Lipinski definition) is 2. The molecule has 1 unspecified atom stereocenters. The van der Waals surface area contributed by atoms with Crippen LogP contribution in [0, 0.1) is 0 Å². The summed E-state index contributed by atoms with van der Waals surface area (Å²) in [5, 5.41) is 0. The minimum atomic E-state index is -3.08. The van der Waals surface area contributed by atoms with E-state index in [2.05, 4.69) is 4.74 Å². The van der Waals surface area contributed by atoms with Crippen LogP contribution < -0.4 is 0 Å². The molecule has 0 aliphatic rings. The number of ether oxygens (including phenoxy) is 1. The molecule has 0 aliphatic heterocycles. The van der Waals surface area contributed by atoms with Gasteiger partial charge in [0.25, 0.3) is 6.43 Å². The highest BCUT2D eigenvalue weighted by molar-refractivity contribution is 5.65. The van der Waals surface area contributed by atoms with E-state index < -0.39 is 25.2 Å². The second kappa shape index (κ2) is 4.14. The molecule has 0 radical (unpaired) electrons. The van der Waals surface area contributed by atoms with Crippen LogP contribution in [0.25, 0.3) is 0 Å². The van der Waals surface area contributed by atoms with Gasteiger partial charge in [-0.25, -0.2) is 13.2 Å². The summed E-state index contributed by atoms with van der Waals surface area (Å²) in [5.74, 6) is -0.761. The number of carbonyl (C=O) groups is 1. The summed E-state index contributed by atoms with van der Waals surface area (Å²) in [7, 11) is 0. The van der Waals surface area contributed by atoms with E-state index in [1.165, 1.54) is 0 Å². The Morgan fingerprint density at radius 3 is 2.30 bits per heavy atom. The number of rotatable bonds is 3. The highest BCUT2D eigenvalue weighted by Crippen LogP contribution is 2.05. The molecule has 0 heterocycles. The molecular formula is C5H7F3O2. The summed E-state index contributed by atoms with van der Waals surface area (Å²) >= 11 is 0. The van der Waals surface area contributed by atoms with E-state index >= 15 is 0 Å². The number of esters is 1. The Morgan fingerprint density at radius 2 is 2.00 bits per heavy atom. The number of alkyl halides is 3. The first-order valence-electron chi connectivity index (χ1n) is 2.59. The summed E-state index contributed by atoms with van der Waals surface area (Å²) in [6, 6.07) is 0. The maximum absolute atomic E-state index is 11.9. The van der Waals surface area contributed by atoms with Crippen molar-refractivity contribution in [3.05, 3.63) is 0 Å². The smallest absolute Gasteiger partial charge is 0.302 e. The van der Waals surface area contributed by atoms with E-state index in [9.17, 15) is 18.0 Å². The van der Waals surface area contributed by atoms with Crippen molar-refractivity contribution in [3.8, 4) is 0 Å². The molecular weight excluding hydrogens is 149 g/mol. The van der Waals surface area contributed by atoms with E-state index in [1.54, 1.807) is 0 Å². The molecule has 0 saturated heterocycles. The molecule has 0 fully saturated rings. The fourth-order valence-corrected chi connectivity index (χ4v) is 0.270. The topological polar surface area (TPSA) is 26.3 Å². The molecule has 0 amide bonds. The first-order chi connectivity index (χ1) is 4.54. The van der Waals surface area contributed by atoms with Crippen LogP contribution >= 0.6 is 0 Å². The summed E-state index contributed by atoms with van der Waals surface area (Å²) < 4.78 is 38.5. The Labute approximate surface area is 56.0 Å². The van der Waals surface area contributed by atoms with Crippen molar-refractivity contribution in [1.82, 2.24) is 0 Å². The van der Waals surface area contributed by atoms with Gasteiger partial charge in [-0.15, -0.1) is 0 Å². The third-order valence-corrected chi connectivity index (χ3v) is 0.719. The Morgan fingerprint density at radius 1 is 1.50 bits per heavy atom. The third-order valence-electron chi connectivity index (χ3n) is 0.719. The van der Waals surface area contributed by atoms with E-state index in [-0.39, 0.29) is 0 Å². The van der Waals surface area contributed by atoms with Crippen LogP contribution in [0.5, 0.6) is 0 Å². The van der Waals surface area contributed by atoms with Crippen LogP contribution in [0.15, 0.2) is 0 Å². The predicted molar refractivity (Wildman–Crippen MR) is 27.5 cm³/mol. The van der Waals surface area contributed by atoms with E-state index in [1.807, 2.05) is 0 Å². The van der Waals surface area contributed by atoms with Crippen molar-refractivity contribution in [1.29, 1.82) is 0 Å². The Kier molecular flexibility index (Phi) is 3.83. The van der Waals surface area contributed by atoms with E-state index in [4.69, 9.17) is 0 Å². The number of hydrogen-bond donors (Lipinski definition) is 0. The Hall–Kier alpha value is -0.740. The van der Waals surface area contributed by atoms with Crippen molar-refractivity contribution >= 4 is 5.97 Å². The van der Waals surface area contributed by atoms with Crippen molar-refractivity contribution in [3.63, 3.8) is 0 Å². The van der Waals surface area contributed by atoms with Crippen molar-refractivity contribution < 1.29 is 22.7 Å². The molecule has 1 atom stereocenters. The van der Waals surface area contributed by atoms with Crippen molar-refractivity contribution in [2.45, 2.75) is 19.5 Å². The minimum absolute atomic E-state index is 0.761. The molecule has 0 aromatic heterocycles. The summed E-state index contributed by atoms with van der Waals surface area (Å²) in [6.07, 6.45) is -5.46. The standard InChI is InChI=1S/C5H7F3O2/c1-3(9)10-2-4(6)5(7)8/h4-5H,2H2,1H3. The maximum atomic E-state index is 11.9. The van der Waals surface area contributed by atoms with Gasteiger partial charge in [0.15, 0.2) is 6.17 Å². The van der Waals surface area contributed by atoms with Gasteiger partial charge in [0.05, 0.1) is 0 Å². The van der Waals surface area contributed by atoms with Crippen LogP contribution in [0.1, 0.15) is 6.92 Å². The Balaban J connectivity index is 3.39. The zero-order valence-corrected chi connectivity index (χ0v) is 5.31. The molecule has 5 heteroatoms. The molecule has 2 nitrogen and oxygen atoms in total. The van der Waals surface area contributed by atoms with Gasteiger partial charge in [0.2, 0.25) is 0 Å². The highest BCUT2D eigenvalue weighted by atomic mass is 19.3. The van der Waals surface area contributed by atoms with Gasteiger partial charge >= 0.3 is 5.97 Å². The molecule has 0 rings (SSSR count). The van der Waals surface area contributed by atoms with Crippen LogP contribution in [-0.4, -0.2) is 25.2 Å². The summed E-state index contributed by atoms with van der Waals surface area (Å²) in [4.78, 5) is 9.94. The summed E-state index contributed by atoms with van der Waals surface area (Å²) in [5.41, 5.74) is 0. The lowest BCUT2D eigenvalue weighted by Crippen LogP contribution is -2.20. The molecule has 0 bridgehead atoms. The van der Waals surface area contributed by atoms with Gasteiger partial charge in [0.1, 0.15) is 6.61 Å². The second-order valence-electron chi connectivity index (χ2n) is 1.65. The zero-order valence-electron chi connectivity index (χ0n) is 5.31. The molecule has 0 saturated carbocycles. The lowest BCUT2D eigenvalue weighted by molar-refractivity contribution is -0.144. The lowest BCUT2D eigenvalue weighted by atomic mass is 10.4. The predicted octanol–water partition coefficient (Wildman–Crippen LogP) is 1.15. The van der Waals surface area contributed by atoms with E-state index in [0.717, 1.165) is 6.92 Å². The Bertz CT molecular complexity index is 115. The first-order valence-corrected chi connectivity index (χ1v) is 2.59. The molecule has 60 valence electrons. The van der Waals surface area contributed by atoms with Gasteiger partial charge in [-0.2, -0.15) is 0 Å². The molecule has 0 N–H and O–H groups in total. The van der Waals surface area contributed by atoms with E-state index in [0.29, 0.717) is 0 Å². The molecule has 0 spiro atoms. The van der Waals surface area contributed by atoms with Gasteiger partial charge in [-0.3, -0.25) is 4.79 Å². The average molecular weight is 156 g/mol. The van der Waals surface area contributed by atoms with Gasteiger partial charge < -0.3 is 4.74 Å². The lowest BCUT2D eigenvalue weighted by Gasteiger charge is -2.05. The zero-order chi connectivity index (χ0) is 8.15. The normalized spacial score (nSPS) is 13.3. The SMILES string of the molecule is CC(=O)OCC(F)C(F)F. The molecule has 0 aliphatic carbocycles. The maximum Gasteiger partial charge on any atom is 0.302 e. The van der Waals surface area contributed by atoms with Crippen LogP contribution in [0.4, 0.5) is 13.2 Å². The fourth-order valence-electron chi connectivity index (χ4n) is 0.270. The number of halogens is 3. The van der Waals surface area contributed by atoms with Gasteiger partial charge in [-0.1, -0.05) is 0 Å². The highest BCUT2D eigenvalue weighted by Gasteiger charge is 2.19. The molecule has 10 heavy (non-hydrogen) atoms.